The van der Waals surface area contributed by atoms with Crippen LogP contribution in [0.15, 0.2) is 18.2 Å². The van der Waals surface area contributed by atoms with Gasteiger partial charge >= 0.3 is 6.18 Å². The molecule has 4 nitrogen and oxygen atoms in total. The van der Waals surface area contributed by atoms with Gasteiger partial charge in [-0.15, -0.1) is 12.4 Å². The van der Waals surface area contributed by atoms with E-state index in [1.165, 1.54) is 6.07 Å². The van der Waals surface area contributed by atoms with E-state index in [-0.39, 0.29) is 35.1 Å². The minimum Gasteiger partial charge on any atom is -0.330 e. The Labute approximate surface area is 149 Å². The predicted molar refractivity (Wildman–Crippen MR) is 90.6 cm³/mol. The van der Waals surface area contributed by atoms with Crippen molar-refractivity contribution in [1.82, 2.24) is 4.90 Å². The third kappa shape index (κ3) is 5.24. The third-order valence-electron chi connectivity index (χ3n) is 4.06. The second-order valence-corrected chi connectivity index (χ2v) is 6.65. The molecule has 1 aliphatic heterocycles. The number of likely N-dealkylation sites (tertiary alicyclic amines) is 1. The Hall–Kier alpha value is -1.02. The molecule has 0 spiro atoms. The van der Waals surface area contributed by atoms with Crippen molar-refractivity contribution in [3.05, 3.63) is 28.8 Å². The number of hydrogen-bond acceptors (Lipinski definition) is 3. The molecule has 24 heavy (non-hydrogen) atoms. The number of nitrogens with two attached hydrogens (primary N) is 1. The van der Waals surface area contributed by atoms with Crippen molar-refractivity contribution in [2.45, 2.75) is 19.5 Å². The van der Waals surface area contributed by atoms with Crippen LogP contribution in [-0.2, 0) is 11.0 Å². The second-order valence-electron chi connectivity index (χ2n) is 6.21. The van der Waals surface area contributed by atoms with Gasteiger partial charge in [0, 0.05) is 11.6 Å². The lowest BCUT2D eigenvalue weighted by atomic mass is 9.90. The first-order valence-corrected chi connectivity index (χ1v) is 7.60. The summed E-state index contributed by atoms with van der Waals surface area (Å²) < 4.78 is 39.0. The van der Waals surface area contributed by atoms with Crippen LogP contribution in [0.2, 0.25) is 5.02 Å². The lowest BCUT2D eigenvalue weighted by Crippen LogP contribution is -2.35. The number of carbonyl (C=O) groups is 1. The first kappa shape index (κ1) is 21.0. The van der Waals surface area contributed by atoms with Gasteiger partial charge in [0.05, 0.1) is 17.8 Å². The van der Waals surface area contributed by atoms with E-state index in [9.17, 15) is 18.0 Å². The van der Waals surface area contributed by atoms with Gasteiger partial charge in [-0.05, 0) is 43.1 Å². The quantitative estimate of drug-likeness (QED) is 0.834. The van der Waals surface area contributed by atoms with Crippen molar-refractivity contribution in [2.24, 2.45) is 11.1 Å². The van der Waals surface area contributed by atoms with Crippen molar-refractivity contribution >= 4 is 35.6 Å². The number of amides is 1. The molecule has 1 unspecified atom stereocenters. The van der Waals surface area contributed by atoms with Crippen LogP contribution in [0.4, 0.5) is 18.9 Å². The summed E-state index contributed by atoms with van der Waals surface area (Å²) in [5, 5.41) is 2.29. The fraction of sp³-hybridized carbons (Fsp3) is 0.533. The highest BCUT2D eigenvalue weighted by Crippen LogP contribution is 2.36. The first-order valence-electron chi connectivity index (χ1n) is 7.22. The molecule has 0 radical (unpaired) electrons. The number of alkyl halides is 3. The number of anilines is 1. The van der Waals surface area contributed by atoms with Gasteiger partial charge in [0.1, 0.15) is 0 Å². The van der Waals surface area contributed by atoms with Crippen LogP contribution in [0.5, 0.6) is 0 Å². The van der Waals surface area contributed by atoms with Crippen LogP contribution >= 0.6 is 24.0 Å². The maximum absolute atomic E-state index is 13.0. The van der Waals surface area contributed by atoms with E-state index in [1.54, 1.807) is 0 Å². The summed E-state index contributed by atoms with van der Waals surface area (Å²) in [6.45, 7) is 3.94. The van der Waals surface area contributed by atoms with E-state index < -0.39 is 17.6 Å². The van der Waals surface area contributed by atoms with E-state index in [1.807, 2.05) is 11.8 Å². The van der Waals surface area contributed by atoms with Gasteiger partial charge in [-0.2, -0.15) is 13.2 Å². The fourth-order valence-corrected chi connectivity index (χ4v) is 2.85. The summed E-state index contributed by atoms with van der Waals surface area (Å²) in [6.07, 6.45) is -3.72. The molecule has 3 N–H and O–H groups in total. The van der Waals surface area contributed by atoms with Crippen LogP contribution in [0.1, 0.15) is 18.9 Å². The summed E-state index contributed by atoms with van der Waals surface area (Å²) in [4.78, 5) is 13.9. The molecule has 1 fully saturated rings. The maximum Gasteiger partial charge on any atom is 0.418 e. The Morgan fingerprint density at radius 3 is 2.67 bits per heavy atom. The summed E-state index contributed by atoms with van der Waals surface area (Å²) in [5.74, 6) is -0.487. The van der Waals surface area contributed by atoms with E-state index >= 15 is 0 Å². The molecule has 1 heterocycles. The fourth-order valence-electron chi connectivity index (χ4n) is 2.68. The molecule has 0 saturated carbocycles. The van der Waals surface area contributed by atoms with Gasteiger partial charge in [0.2, 0.25) is 5.91 Å². The molecule has 0 aliphatic carbocycles. The Bertz CT molecular complexity index is 598. The maximum atomic E-state index is 13.0. The molecule has 9 heteroatoms. The Morgan fingerprint density at radius 2 is 2.12 bits per heavy atom. The molecular formula is C15H20Cl2F3N3O. The van der Waals surface area contributed by atoms with Gasteiger partial charge in [0.25, 0.3) is 0 Å². The zero-order chi connectivity index (χ0) is 17.3. The average Bonchev–Trinajstić information content (AvgIpc) is 2.82. The lowest BCUT2D eigenvalue weighted by molar-refractivity contribution is -0.137. The van der Waals surface area contributed by atoms with E-state index in [0.717, 1.165) is 18.6 Å². The van der Waals surface area contributed by atoms with Crippen LogP contribution < -0.4 is 11.1 Å². The minimum absolute atomic E-state index is 0. The SMILES string of the molecule is CC1(CN)CCN(CC(=O)Nc2ccc(Cl)cc2C(F)(F)F)C1.Cl. The van der Waals surface area contributed by atoms with Crippen LogP contribution in [0.3, 0.4) is 0 Å². The highest BCUT2D eigenvalue weighted by molar-refractivity contribution is 6.30. The predicted octanol–water partition coefficient (Wildman–Crippen LogP) is 3.39. The van der Waals surface area contributed by atoms with Gasteiger partial charge in [-0.3, -0.25) is 9.69 Å². The smallest absolute Gasteiger partial charge is 0.330 e. The number of halogens is 5. The Morgan fingerprint density at radius 1 is 1.46 bits per heavy atom. The zero-order valence-corrected chi connectivity index (χ0v) is 14.7. The zero-order valence-electron chi connectivity index (χ0n) is 13.1. The van der Waals surface area contributed by atoms with Crippen LogP contribution in [0, 0.1) is 5.41 Å². The van der Waals surface area contributed by atoms with Gasteiger partial charge in [-0.1, -0.05) is 18.5 Å². The van der Waals surface area contributed by atoms with Crippen LogP contribution in [0.25, 0.3) is 0 Å². The molecule has 2 rings (SSSR count). The molecule has 1 aromatic carbocycles. The van der Waals surface area contributed by atoms with Gasteiger partial charge < -0.3 is 11.1 Å². The van der Waals surface area contributed by atoms with E-state index in [4.69, 9.17) is 17.3 Å². The highest BCUT2D eigenvalue weighted by Gasteiger charge is 2.35. The summed E-state index contributed by atoms with van der Waals surface area (Å²) in [7, 11) is 0. The largest absolute Gasteiger partial charge is 0.418 e. The monoisotopic (exact) mass is 385 g/mol. The molecule has 136 valence electrons. The normalized spacial score (nSPS) is 21.4. The molecule has 0 aromatic heterocycles. The second kappa shape index (κ2) is 7.91. The molecule has 1 saturated heterocycles. The summed E-state index contributed by atoms with van der Waals surface area (Å²) >= 11 is 5.61. The topological polar surface area (TPSA) is 58.4 Å². The first-order chi connectivity index (χ1) is 10.6. The third-order valence-corrected chi connectivity index (χ3v) is 4.29. The minimum atomic E-state index is -4.58. The summed E-state index contributed by atoms with van der Waals surface area (Å²) in [5.41, 5.74) is 4.42. The number of nitrogens with one attached hydrogen (secondary N) is 1. The molecule has 1 atom stereocenters. The van der Waals surface area contributed by atoms with Gasteiger partial charge in [-0.25, -0.2) is 0 Å². The van der Waals surface area contributed by atoms with Crippen molar-refractivity contribution in [3.8, 4) is 0 Å². The Balaban J connectivity index is 0.00000288. The van der Waals surface area contributed by atoms with Crippen molar-refractivity contribution in [3.63, 3.8) is 0 Å². The van der Waals surface area contributed by atoms with Crippen molar-refractivity contribution in [2.75, 3.05) is 31.5 Å². The number of rotatable bonds is 4. The average molecular weight is 386 g/mol. The number of nitrogens with zero attached hydrogens (tertiary/aromatic N) is 1. The molecule has 0 bridgehead atoms. The standard InChI is InChI=1S/C15H19ClF3N3O.ClH/c1-14(8-20)4-5-22(9-14)7-13(23)21-12-3-2-10(16)6-11(12)15(17,18)19;/h2-3,6H,4-5,7-9,20H2,1H3,(H,21,23);1H. The number of carbonyl (C=O) groups excluding carboxylic acids is 1. The van der Waals surface area contributed by atoms with E-state index in [0.29, 0.717) is 19.6 Å². The van der Waals surface area contributed by atoms with Crippen molar-refractivity contribution < 1.29 is 18.0 Å². The lowest BCUT2D eigenvalue weighted by Gasteiger charge is -2.22. The highest BCUT2D eigenvalue weighted by atomic mass is 35.5. The van der Waals surface area contributed by atoms with Crippen molar-refractivity contribution in [1.29, 1.82) is 0 Å². The molecule has 1 aromatic rings. The molecule has 1 aliphatic rings. The number of benzene rings is 1. The van der Waals surface area contributed by atoms with Crippen LogP contribution in [-0.4, -0.2) is 37.0 Å². The molecular weight excluding hydrogens is 366 g/mol. The molecule has 1 amide bonds. The summed E-state index contributed by atoms with van der Waals surface area (Å²) in [6, 6.07) is 3.28. The van der Waals surface area contributed by atoms with Gasteiger partial charge in [0.15, 0.2) is 0 Å². The number of hydrogen-bond donors (Lipinski definition) is 2. The Kier molecular flexibility index (Phi) is 6.93. The van der Waals surface area contributed by atoms with E-state index in [2.05, 4.69) is 5.32 Å².